The zero-order chi connectivity index (χ0) is 17.6. The Labute approximate surface area is 150 Å². The molecule has 3 nitrogen and oxygen atoms in total. The van der Waals surface area contributed by atoms with Crippen LogP contribution in [0.1, 0.15) is 69.3 Å². The quantitative estimate of drug-likeness (QED) is 0.722. The Balaban J connectivity index is 1.48. The number of nitrogens with zero attached hydrogens (tertiary/aromatic N) is 1. The van der Waals surface area contributed by atoms with E-state index in [0.29, 0.717) is 30.6 Å². The molecule has 1 saturated heterocycles. The van der Waals surface area contributed by atoms with Gasteiger partial charge in [-0.3, -0.25) is 0 Å². The smallest absolute Gasteiger partial charge is 0.183 e. The number of benzene rings is 1. The maximum atomic E-state index is 13.8. The topological polar surface area (TPSA) is 42.2 Å². The van der Waals surface area contributed by atoms with Gasteiger partial charge in [0.15, 0.2) is 6.29 Å². The van der Waals surface area contributed by atoms with Gasteiger partial charge in [-0.25, -0.2) is 4.39 Å². The van der Waals surface area contributed by atoms with Gasteiger partial charge in [0.05, 0.1) is 18.8 Å². The van der Waals surface area contributed by atoms with Gasteiger partial charge in [-0.1, -0.05) is 45.1 Å². The number of ether oxygens (including phenoxy) is 2. The van der Waals surface area contributed by atoms with Crippen molar-refractivity contribution < 1.29 is 13.9 Å². The molecule has 1 aliphatic carbocycles. The molecule has 25 heavy (non-hydrogen) atoms. The largest absolute Gasteiger partial charge is 0.348 e. The lowest BCUT2D eigenvalue weighted by atomic mass is 9.75. The van der Waals surface area contributed by atoms with Crippen LogP contribution in [0.2, 0.25) is 0 Å². The van der Waals surface area contributed by atoms with Crippen LogP contribution in [0, 0.1) is 34.9 Å². The van der Waals surface area contributed by atoms with Crippen molar-refractivity contribution in [2.75, 3.05) is 13.2 Å². The normalized spacial score (nSPS) is 30.0. The summed E-state index contributed by atoms with van der Waals surface area (Å²) < 4.78 is 25.5. The van der Waals surface area contributed by atoms with Crippen molar-refractivity contribution in [3.63, 3.8) is 0 Å². The average molecular weight is 345 g/mol. The number of halogens is 1. The van der Waals surface area contributed by atoms with Crippen molar-refractivity contribution in [1.82, 2.24) is 0 Å². The molecule has 2 aliphatic rings. The van der Waals surface area contributed by atoms with E-state index in [0.717, 1.165) is 5.92 Å². The summed E-state index contributed by atoms with van der Waals surface area (Å²) >= 11 is 0. The van der Waals surface area contributed by atoms with Crippen LogP contribution >= 0.6 is 0 Å². The van der Waals surface area contributed by atoms with Crippen LogP contribution in [0.5, 0.6) is 0 Å². The molecule has 1 aromatic carbocycles. The lowest BCUT2D eigenvalue weighted by Crippen LogP contribution is -2.34. The summed E-state index contributed by atoms with van der Waals surface area (Å²) in [6, 6.07) is 6.39. The fourth-order valence-electron chi connectivity index (χ4n) is 4.19. The minimum Gasteiger partial charge on any atom is -0.348 e. The third kappa shape index (κ3) is 4.59. The second-order valence-corrected chi connectivity index (χ2v) is 7.53. The fraction of sp³-hybridized carbons (Fsp3) is 0.667. The van der Waals surface area contributed by atoms with E-state index in [2.05, 4.69) is 6.92 Å². The fourth-order valence-corrected chi connectivity index (χ4v) is 4.19. The summed E-state index contributed by atoms with van der Waals surface area (Å²) in [5, 5.41) is 8.81. The highest BCUT2D eigenvalue weighted by Gasteiger charge is 2.32. The Bertz CT molecular complexity index is 596. The first-order valence-corrected chi connectivity index (χ1v) is 9.64. The Kier molecular flexibility index (Phi) is 6.45. The van der Waals surface area contributed by atoms with E-state index in [-0.39, 0.29) is 5.56 Å². The minimum atomic E-state index is -0.514. The van der Waals surface area contributed by atoms with E-state index in [1.54, 1.807) is 6.07 Å². The SMILES string of the molecule is CCCCC1CCC(C2COC(c3ccc(C#N)c(F)c3)OC2)CC1. The van der Waals surface area contributed by atoms with Gasteiger partial charge < -0.3 is 9.47 Å². The minimum absolute atomic E-state index is 0.0530. The Hall–Kier alpha value is -1.44. The van der Waals surface area contributed by atoms with Gasteiger partial charge in [0.25, 0.3) is 0 Å². The average Bonchev–Trinajstić information content (AvgIpc) is 2.67. The van der Waals surface area contributed by atoms with Gasteiger partial charge in [0.1, 0.15) is 11.9 Å². The van der Waals surface area contributed by atoms with Crippen LogP contribution in [0.4, 0.5) is 4.39 Å². The molecule has 0 N–H and O–H groups in total. The summed E-state index contributed by atoms with van der Waals surface area (Å²) in [5.74, 6) is 1.54. The van der Waals surface area contributed by atoms with E-state index in [1.165, 1.54) is 57.1 Å². The second kappa shape index (κ2) is 8.78. The lowest BCUT2D eigenvalue weighted by Gasteiger charge is -2.38. The highest BCUT2D eigenvalue weighted by atomic mass is 19.1. The molecule has 1 aromatic rings. The molecule has 0 aromatic heterocycles. The first kappa shape index (κ1) is 18.4. The first-order chi connectivity index (χ1) is 12.2. The number of unbranched alkanes of at least 4 members (excludes halogenated alkanes) is 1. The van der Waals surface area contributed by atoms with Crippen LogP contribution in [0.3, 0.4) is 0 Å². The standard InChI is InChI=1S/C21H28FNO2/c1-2-3-4-15-5-7-16(8-6-15)19-13-24-21(25-14-19)17-9-10-18(12-23)20(22)11-17/h9-11,15-16,19,21H,2-8,13-14H2,1H3. The second-order valence-electron chi connectivity index (χ2n) is 7.53. The molecule has 0 radical (unpaired) electrons. The zero-order valence-electron chi connectivity index (χ0n) is 15.0. The summed E-state index contributed by atoms with van der Waals surface area (Å²) in [6.45, 7) is 3.62. The highest BCUT2D eigenvalue weighted by molar-refractivity contribution is 5.33. The first-order valence-electron chi connectivity index (χ1n) is 9.64. The van der Waals surface area contributed by atoms with Gasteiger partial charge >= 0.3 is 0 Å². The molecule has 0 bridgehead atoms. The predicted molar refractivity (Wildman–Crippen MR) is 94.2 cm³/mol. The van der Waals surface area contributed by atoms with E-state index in [4.69, 9.17) is 14.7 Å². The maximum absolute atomic E-state index is 13.8. The lowest BCUT2D eigenvalue weighted by molar-refractivity contribution is -0.214. The van der Waals surface area contributed by atoms with E-state index >= 15 is 0 Å². The van der Waals surface area contributed by atoms with Gasteiger partial charge in [0, 0.05) is 11.5 Å². The Morgan fingerprint density at radius 1 is 1.12 bits per heavy atom. The van der Waals surface area contributed by atoms with Crippen molar-refractivity contribution in [2.24, 2.45) is 17.8 Å². The molecule has 136 valence electrons. The number of hydrogen-bond acceptors (Lipinski definition) is 3. The molecule has 0 amide bonds. The number of nitriles is 1. The summed E-state index contributed by atoms with van der Waals surface area (Å²) in [6.07, 6.45) is 8.75. The van der Waals surface area contributed by atoms with Gasteiger partial charge in [-0.2, -0.15) is 5.26 Å². The molecular formula is C21H28FNO2. The van der Waals surface area contributed by atoms with Crippen molar-refractivity contribution in [2.45, 2.75) is 58.2 Å². The van der Waals surface area contributed by atoms with Crippen LogP contribution in [0.15, 0.2) is 18.2 Å². The van der Waals surface area contributed by atoms with Crippen molar-refractivity contribution in [1.29, 1.82) is 5.26 Å². The molecule has 1 aliphatic heterocycles. The Morgan fingerprint density at radius 3 is 2.44 bits per heavy atom. The summed E-state index contributed by atoms with van der Waals surface area (Å²) in [5.41, 5.74) is 0.704. The van der Waals surface area contributed by atoms with E-state index < -0.39 is 12.1 Å². The maximum Gasteiger partial charge on any atom is 0.183 e. The number of rotatable bonds is 5. The predicted octanol–water partition coefficient (Wildman–Crippen LogP) is 5.36. The van der Waals surface area contributed by atoms with Gasteiger partial charge in [-0.15, -0.1) is 0 Å². The molecule has 2 fully saturated rings. The molecule has 0 unspecified atom stereocenters. The third-order valence-electron chi connectivity index (χ3n) is 5.83. The zero-order valence-corrected chi connectivity index (χ0v) is 15.0. The van der Waals surface area contributed by atoms with Gasteiger partial charge in [-0.05, 0) is 36.8 Å². The number of hydrogen-bond donors (Lipinski definition) is 0. The molecule has 1 heterocycles. The van der Waals surface area contributed by atoms with Crippen molar-refractivity contribution >= 4 is 0 Å². The highest BCUT2D eigenvalue weighted by Crippen LogP contribution is 2.38. The van der Waals surface area contributed by atoms with Crippen LogP contribution < -0.4 is 0 Å². The van der Waals surface area contributed by atoms with Crippen LogP contribution in [0.25, 0.3) is 0 Å². The summed E-state index contributed by atoms with van der Waals surface area (Å²) in [4.78, 5) is 0. The van der Waals surface area contributed by atoms with Crippen LogP contribution in [-0.4, -0.2) is 13.2 Å². The van der Waals surface area contributed by atoms with Crippen molar-refractivity contribution in [3.8, 4) is 6.07 Å². The van der Waals surface area contributed by atoms with E-state index in [9.17, 15) is 4.39 Å². The molecule has 4 heteroatoms. The van der Waals surface area contributed by atoms with Crippen LogP contribution in [-0.2, 0) is 9.47 Å². The molecular weight excluding hydrogens is 317 g/mol. The molecule has 3 rings (SSSR count). The Morgan fingerprint density at radius 2 is 1.84 bits per heavy atom. The monoisotopic (exact) mass is 345 g/mol. The van der Waals surface area contributed by atoms with Crippen molar-refractivity contribution in [3.05, 3.63) is 35.1 Å². The molecule has 1 saturated carbocycles. The van der Waals surface area contributed by atoms with E-state index in [1.807, 2.05) is 6.07 Å². The van der Waals surface area contributed by atoms with Gasteiger partial charge in [0.2, 0.25) is 0 Å². The third-order valence-corrected chi connectivity index (χ3v) is 5.83. The summed E-state index contributed by atoms with van der Waals surface area (Å²) in [7, 11) is 0. The molecule has 0 spiro atoms. The molecule has 0 atom stereocenters.